The van der Waals surface area contributed by atoms with Crippen molar-refractivity contribution in [3.05, 3.63) is 24.3 Å². The summed E-state index contributed by atoms with van der Waals surface area (Å²) in [6.07, 6.45) is 0.920. The van der Waals surface area contributed by atoms with Crippen LogP contribution in [0.15, 0.2) is 29.2 Å². The SMILES string of the molecule is COC(=O)C(NS(=O)(=O)c1ccc(N)cc1)C1CCN(OC(=O)C(C)(C)C)CC1. The van der Waals surface area contributed by atoms with Crippen LogP contribution in [0.2, 0.25) is 0 Å². The lowest BCUT2D eigenvalue weighted by Crippen LogP contribution is -2.50. The molecule has 3 N–H and O–H groups in total. The number of hydroxylamine groups is 2. The zero-order chi connectivity index (χ0) is 21.8. The summed E-state index contributed by atoms with van der Waals surface area (Å²) < 4.78 is 32.7. The highest BCUT2D eigenvalue weighted by atomic mass is 32.2. The summed E-state index contributed by atoms with van der Waals surface area (Å²) in [5, 5.41) is 1.55. The summed E-state index contributed by atoms with van der Waals surface area (Å²) in [5.74, 6) is -1.30. The number of anilines is 1. The molecule has 1 aromatic carbocycles. The summed E-state index contributed by atoms with van der Waals surface area (Å²) >= 11 is 0. The first kappa shape index (κ1) is 23.1. The maximum Gasteiger partial charge on any atom is 0.330 e. The minimum absolute atomic E-state index is 0.0112. The van der Waals surface area contributed by atoms with Gasteiger partial charge in [-0.25, -0.2) is 13.2 Å². The highest BCUT2D eigenvalue weighted by Crippen LogP contribution is 2.25. The van der Waals surface area contributed by atoms with Gasteiger partial charge in [0, 0.05) is 18.8 Å². The van der Waals surface area contributed by atoms with Gasteiger partial charge in [-0.1, -0.05) is 0 Å². The van der Waals surface area contributed by atoms with Crippen molar-refractivity contribution in [2.75, 3.05) is 25.9 Å². The molecular weight excluding hydrogens is 398 g/mol. The Hall–Kier alpha value is -2.17. The van der Waals surface area contributed by atoms with Gasteiger partial charge in [-0.15, -0.1) is 5.06 Å². The molecule has 1 fully saturated rings. The van der Waals surface area contributed by atoms with Crippen LogP contribution in [0.1, 0.15) is 33.6 Å². The van der Waals surface area contributed by atoms with Crippen molar-refractivity contribution in [1.82, 2.24) is 9.79 Å². The second kappa shape index (κ2) is 9.10. The third-order valence-corrected chi connectivity index (χ3v) is 6.18. The van der Waals surface area contributed by atoms with E-state index in [1.807, 2.05) is 0 Å². The lowest BCUT2D eigenvalue weighted by Gasteiger charge is -2.34. The summed E-state index contributed by atoms with van der Waals surface area (Å²) in [6, 6.07) is 4.66. The molecule has 2 rings (SSSR count). The number of nitrogens with one attached hydrogen (secondary N) is 1. The minimum atomic E-state index is -3.94. The first-order valence-corrected chi connectivity index (χ1v) is 10.9. The fourth-order valence-electron chi connectivity index (χ4n) is 2.90. The van der Waals surface area contributed by atoms with Gasteiger partial charge in [0.25, 0.3) is 0 Å². The van der Waals surface area contributed by atoms with Crippen LogP contribution in [-0.4, -0.2) is 51.7 Å². The van der Waals surface area contributed by atoms with Gasteiger partial charge in [0.05, 0.1) is 17.4 Å². The molecule has 1 saturated heterocycles. The third kappa shape index (κ3) is 6.15. The number of esters is 1. The number of rotatable bonds is 6. The fourth-order valence-corrected chi connectivity index (χ4v) is 4.15. The van der Waals surface area contributed by atoms with Gasteiger partial charge in [0.2, 0.25) is 10.0 Å². The lowest BCUT2D eigenvalue weighted by atomic mass is 9.90. The predicted octanol–water partition coefficient (Wildman–Crippen LogP) is 1.30. The van der Waals surface area contributed by atoms with Gasteiger partial charge >= 0.3 is 11.9 Å². The number of benzene rings is 1. The Labute approximate surface area is 171 Å². The van der Waals surface area contributed by atoms with Crippen LogP contribution >= 0.6 is 0 Å². The number of hydrogen-bond acceptors (Lipinski definition) is 8. The molecule has 0 saturated carbocycles. The van der Waals surface area contributed by atoms with E-state index in [2.05, 4.69) is 4.72 Å². The van der Waals surface area contributed by atoms with Gasteiger partial charge < -0.3 is 15.3 Å². The topological polar surface area (TPSA) is 128 Å². The number of nitrogens with two attached hydrogens (primary N) is 1. The molecule has 0 bridgehead atoms. The van der Waals surface area contributed by atoms with Crippen molar-refractivity contribution in [2.45, 2.75) is 44.6 Å². The van der Waals surface area contributed by atoms with Crippen LogP contribution < -0.4 is 10.5 Å². The number of hydrogen-bond donors (Lipinski definition) is 2. The number of carbonyl (C=O) groups excluding carboxylic acids is 2. The summed E-state index contributed by atoms with van der Waals surface area (Å²) in [5.41, 5.74) is 5.41. The maximum atomic E-state index is 12.7. The highest BCUT2D eigenvalue weighted by Gasteiger charge is 2.37. The number of carbonyl (C=O) groups is 2. The number of sulfonamides is 1. The van der Waals surface area contributed by atoms with Crippen molar-refractivity contribution >= 4 is 27.6 Å². The molecule has 1 aromatic rings. The molecule has 1 unspecified atom stereocenters. The van der Waals surface area contributed by atoms with E-state index in [1.165, 1.54) is 31.4 Å². The highest BCUT2D eigenvalue weighted by molar-refractivity contribution is 7.89. The Morgan fingerprint density at radius 2 is 1.72 bits per heavy atom. The average molecular weight is 428 g/mol. The Kier molecular flexibility index (Phi) is 7.25. The first-order valence-electron chi connectivity index (χ1n) is 9.37. The van der Waals surface area contributed by atoms with Gasteiger partial charge in [0.1, 0.15) is 6.04 Å². The molecule has 0 amide bonds. The van der Waals surface area contributed by atoms with E-state index in [0.717, 1.165) is 0 Å². The second-order valence-corrected chi connectivity index (χ2v) is 9.80. The van der Waals surface area contributed by atoms with Crippen LogP contribution in [0.25, 0.3) is 0 Å². The van der Waals surface area contributed by atoms with Crippen LogP contribution in [0.4, 0.5) is 5.69 Å². The van der Waals surface area contributed by atoms with Crippen molar-refractivity contribution < 1.29 is 27.6 Å². The van der Waals surface area contributed by atoms with Crippen LogP contribution in [-0.2, 0) is 29.2 Å². The van der Waals surface area contributed by atoms with E-state index in [4.69, 9.17) is 15.3 Å². The van der Waals surface area contributed by atoms with Gasteiger partial charge in [0.15, 0.2) is 0 Å². The quantitative estimate of drug-likeness (QED) is 0.514. The van der Waals surface area contributed by atoms with Gasteiger partial charge in [-0.3, -0.25) is 4.79 Å². The first-order chi connectivity index (χ1) is 13.4. The van der Waals surface area contributed by atoms with Crippen LogP contribution in [0.5, 0.6) is 0 Å². The summed E-state index contributed by atoms with van der Waals surface area (Å²) in [4.78, 5) is 29.7. The molecule has 1 aliphatic heterocycles. The summed E-state index contributed by atoms with van der Waals surface area (Å²) in [6.45, 7) is 6.08. The number of ether oxygens (including phenoxy) is 1. The van der Waals surface area contributed by atoms with E-state index in [-0.39, 0.29) is 16.8 Å². The lowest BCUT2D eigenvalue weighted by molar-refractivity contribution is -0.206. The van der Waals surface area contributed by atoms with E-state index < -0.39 is 27.4 Å². The molecule has 0 aliphatic carbocycles. The normalized spacial score (nSPS) is 17.5. The average Bonchev–Trinajstić information content (AvgIpc) is 2.66. The predicted molar refractivity (Wildman–Crippen MR) is 107 cm³/mol. The zero-order valence-electron chi connectivity index (χ0n) is 17.2. The van der Waals surface area contributed by atoms with Crippen molar-refractivity contribution in [3.63, 3.8) is 0 Å². The van der Waals surface area contributed by atoms with E-state index in [0.29, 0.717) is 31.6 Å². The number of piperidine rings is 1. The molecule has 0 radical (unpaired) electrons. The van der Waals surface area contributed by atoms with Gasteiger partial charge in [-0.2, -0.15) is 4.72 Å². The number of methoxy groups -OCH3 is 1. The van der Waals surface area contributed by atoms with Crippen molar-refractivity contribution in [2.24, 2.45) is 11.3 Å². The third-order valence-electron chi connectivity index (χ3n) is 4.72. The minimum Gasteiger partial charge on any atom is -0.468 e. The maximum absolute atomic E-state index is 12.7. The van der Waals surface area contributed by atoms with E-state index >= 15 is 0 Å². The molecule has 0 spiro atoms. The van der Waals surface area contributed by atoms with E-state index in [9.17, 15) is 18.0 Å². The fraction of sp³-hybridized carbons (Fsp3) is 0.579. The largest absolute Gasteiger partial charge is 0.468 e. The van der Waals surface area contributed by atoms with Gasteiger partial charge in [-0.05, 0) is 63.8 Å². The van der Waals surface area contributed by atoms with Crippen molar-refractivity contribution in [3.8, 4) is 0 Å². The smallest absolute Gasteiger partial charge is 0.330 e. The Balaban J connectivity index is 2.07. The molecule has 1 atom stereocenters. The molecule has 1 heterocycles. The molecule has 10 heteroatoms. The summed E-state index contributed by atoms with van der Waals surface area (Å²) in [7, 11) is -2.72. The van der Waals surface area contributed by atoms with Crippen LogP contribution in [0, 0.1) is 11.3 Å². The van der Waals surface area contributed by atoms with Crippen LogP contribution in [0.3, 0.4) is 0 Å². The Morgan fingerprint density at radius 1 is 1.17 bits per heavy atom. The molecule has 162 valence electrons. The van der Waals surface area contributed by atoms with E-state index in [1.54, 1.807) is 25.8 Å². The number of nitrogens with zero attached hydrogens (tertiary/aromatic N) is 1. The Bertz CT molecular complexity index is 824. The molecule has 29 heavy (non-hydrogen) atoms. The standard InChI is InChI=1S/C19H29N3O6S/c1-19(2,3)18(24)28-22-11-9-13(10-12-22)16(17(23)27-4)21-29(25,26)15-7-5-14(20)6-8-15/h5-8,13,16,21H,9-12,20H2,1-4H3. The molecule has 1 aliphatic rings. The zero-order valence-corrected chi connectivity index (χ0v) is 18.0. The monoisotopic (exact) mass is 427 g/mol. The van der Waals surface area contributed by atoms with Crippen molar-refractivity contribution in [1.29, 1.82) is 0 Å². The second-order valence-electron chi connectivity index (χ2n) is 8.09. The number of nitrogen functional groups attached to an aromatic ring is 1. The Morgan fingerprint density at radius 3 is 2.21 bits per heavy atom. The molecule has 0 aromatic heterocycles. The molecular formula is C19H29N3O6S. The molecule has 9 nitrogen and oxygen atoms in total.